The minimum Gasteiger partial charge on any atom is -0.340 e. The highest BCUT2D eigenvalue weighted by Gasteiger charge is 2.29. The van der Waals surface area contributed by atoms with Crippen LogP contribution in [0.15, 0.2) is 16.8 Å². The fraction of sp³-hybridized carbons (Fsp3) is 0.667. The first-order valence-corrected chi connectivity index (χ1v) is 8.13. The fourth-order valence-electron chi connectivity index (χ4n) is 2.51. The van der Waals surface area contributed by atoms with Crippen LogP contribution in [0.3, 0.4) is 0 Å². The number of thiophene rings is 1. The van der Waals surface area contributed by atoms with Crippen LogP contribution in [0.4, 0.5) is 0 Å². The second kappa shape index (κ2) is 6.70. The van der Waals surface area contributed by atoms with Gasteiger partial charge in [0.15, 0.2) is 0 Å². The summed E-state index contributed by atoms with van der Waals surface area (Å²) in [5, 5.41) is 7.54. The van der Waals surface area contributed by atoms with Gasteiger partial charge in [0.05, 0.1) is 6.54 Å². The van der Waals surface area contributed by atoms with Gasteiger partial charge in [-0.1, -0.05) is 0 Å². The van der Waals surface area contributed by atoms with Gasteiger partial charge in [0.2, 0.25) is 5.91 Å². The molecule has 1 saturated heterocycles. The van der Waals surface area contributed by atoms with Crippen LogP contribution in [0.5, 0.6) is 0 Å². The Morgan fingerprint density at radius 3 is 2.75 bits per heavy atom. The van der Waals surface area contributed by atoms with Crippen molar-refractivity contribution in [3.8, 4) is 0 Å². The topological polar surface area (TPSA) is 35.6 Å². The highest BCUT2D eigenvalue weighted by molar-refractivity contribution is 7.07. The molecule has 5 heteroatoms. The van der Waals surface area contributed by atoms with Gasteiger partial charge in [0.1, 0.15) is 0 Å². The molecular formula is C15H25N3OS. The van der Waals surface area contributed by atoms with Crippen LogP contribution in [-0.4, -0.2) is 55.0 Å². The number of nitrogens with zero attached hydrogens (tertiary/aromatic N) is 2. The van der Waals surface area contributed by atoms with E-state index in [0.29, 0.717) is 13.1 Å². The molecule has 1 N–H and O–H groups in total. The lowest BCUT2D eigenvalue weighted by Gasteiger charge is -2.39. The van der Waals surface area contributed by atoms with Crippen LogP contribution in [0, 0.1) is 0 Å². The molecule has 0 unspecified atom stereocenters. The molecule has 0 aliphatic carbocycles. The molecule has 0 aromatic carbocycles. The molecule has 1 aromatic heterocycles. The highest BCUT2D eigenvalue weighted by Crippen LogP contribution is 2.21. The van der Waals surface area contributed by atoms with Gasteiger partial charge in [-0.05, 0) is 49.2 Å². The number of likely N-dealkylation sites (N-methyl/N-ethyl adjacent to an activating group) is 1. The van der Waals surface area contributed by atoms with Gasteiger partial charge in [-0.2, -0.15) is 11.3 Å². The number of piperidine rings is 1. The summed E-state index contributed by atoms with van der Waals surface area (Å²) in [5.41, 5.74) is 1.45. The van der Waals surface area contributed by atoms with E-state index in [1.54, 1.807) is 11.3 Å². The van der Waals surface area contributed by atoms with E-state index in [0.717, 1.165) is 25.9 Å². The van der Waals surface area contributed by atoms with Crippen LogP contribution >= 0.6 is 11.3 Å². The van der Waals surface area contributed by atoms with Gasteiger partial charge in [-0.25, -0.2) is 0 Å². The average molecular weight is 295 g/mol. The maximum Gasteiger partial charge on any atom is 0.236 e. The molecule has 1 fully saturated rings. The molecule has 1 aliphatic rings. The van der Waals surface area contributed by atoms with Gasteiger partial charge >= 0.3 is 0 Å². The van der Waals surface area contributed by atoms with E-state index in [1.165, 1.54) is 5.56 Å². The molecule has 4 nitrogen and oxygen atoms in total. The number of hydrogen-bond acceptors (Lipinski definition) is 4. The van der Waals surface area contributed by atoms with Crippen LogP contribution in [0.25, 0.3) is 0 Å². The Labute approximate surface area is 125 Å². The maximum absolute atomic E-state index is 12.2. The zero-order valence-corrected chi connectivity index (χ0v) is 13.5. The van der Waals surface area contributed by atoms with Gasteiger partial charge in [-0.3, -0.25) is 9.69 Å². The van der Waals surface area contributed by atoms with Gasteiger partial charge in [-0.15, -0.1) is 0 Å². The lowest BCUT2D eigenvalue weighted by molar-refractivity contribution is -0.132. The first kappa shape index (κ1) is 15.5. The third-order valence-corrected chi connectivity index (χ3v) is 5.08. The molecule has 0 saturated carbocycles. The zero-order chi connectivity index (χ0) is 14.6. The number of carbonyl (C=O) groups excluding carboxylic acids is 1. The van der Waals surface area contributed by atoms with E-state index in [-0.39, 0.29) is 11.4 Å². The molecule has 0 atom stereocenters. The average Bonchev–Trinajstić information content (AvgIpc) is 2.94. The normalized spacial score (nSPS) is 18.9. The second-order valence-electron chi connectivity index (χ2n) is 5.97. The Hall–Kier alpha value is -0.910. The lowest BCUT2D eigenvalue weighted by atomic mass is 9.90. The molecule has 112 valence electrons. The van der Waals surface area contributed by atoms with Gasteiger partial charge in [0.25, 0.3) is 0 Å². The largest absolute Gasteiger partial charge is 0.340 e. The summed E-state index contributed by atoms with van der Waals surface area (Å²) in [7, 11) is 3.91. The van der Waals surface area contributed by atoms with Crippen LogP contribution in [0.1, 0.15) is 25.3 Å². The quantitative estimate of drug-likeness (QED) is 0.899. The van der Waals surface area contributed by atoms with Gasteiger partial charge in [0, 0.05) is 32.2 Å². The summed E-state index contributed by atoms with van der Waals surface area (Å²) >= 11 is 1.68. The Morgan fingerprint density at radius 1 is 1.50 bits per heavy atom. The minimum absolute atomic E-state index is 0.212. The molecule has 2 rings (SSSR count). The van der Waals surface area contributed by atoms with Crippen molar-refractivity contribution in [2.75, 3.05) is 33.7 Å². The molecule has 0 bridgehead atoms. The van der Waals surface area contributed by atoms with Crippen LogP contribution in [0.2, 0.25) is 0 Å². The summed E-state index contributed by atoms with van der Waals surface area (Å²) in [6.07, 6.45) is 2.20. The third kappa shape index (κ3) is 4.04. The Kier molecular flexibility index (Phi) is 5.18. The van der Waals surface area contributed by atoms with Crippen molar-refractivity contribution in [3.05, 3.63) is 22.4 Å². The Balaban J connectivity index is 1.77. The van der Waals surface area contributed by atoms with E-state index in [4.69, 9.17) is 0 Å². The lowest BCUT2D eigenvalue weighted by Crippen LogP contribution is -2.51. The standard InChI is InChI=1S/C15H25N3OS/c1-15(16-2)5-7-18(8-6-15)11-14(19)17(3)10-13-4-9-20-12-13/h4,9,12,16H,5-8,10-11H2,1-3H3. The predicted octanol–water partition coefficient (Wildman–Crippen LogP) is 1.78. The smallest absolute Gasteiger partial charge is 0.236 e. The van der Waals surface area contributed by atoms with Gasteiger partial charge < -0.3 is 10.2 Å². The number of nitrogens with one attached hydrogen (secondary N) is 1. The molecule has 0 radical (unpaired) electrons. The van der Waals surface area contributed by atoms with E-state index < -0.39 is 0 Å². The summed E-state index contributed by atoms with van der Waals surface area (Å²) < 4.78 is 0. The number of rotatable bonds is 5. The van der Waals surface area contributed by atoms with Crippen molar-refractivity contribution < 1.29 is 4.79 Å². The molecule has 1 aromatic rings. The van der Waals surface area contributed by atoms with Crippen molar-refractivity contribution >= 4 is 17.2 Å². The van der Waals surface area contributed by atoms with Crippen molar-refractivity contribution in [2.45, 2.75) is 31.8 Å². The van der Waals surface area contributed by atoms with Crippen LogP contribution in [-0.2, 0) is 11.3 Å². The number of carbonyl (C=O) groups is 1. The molecule has 20 heavy (non-hydrogen) atoms. The highest BCUT2D eigenvalue weighted by atomic mass is 32.1. The monoisotopic (exact) mass is 295 g/mol. The summed E-state index contributed by atoms with van der Waals surface area (Å²) in [6.45, 7) is 5.50. The number of hydrogen-bond donors (Lipinski definition) is 1. The zero-order valence-electron chi connectivity index (χ0n) is 12.7. The number of amides is 1. The SMILES string of the molecule is CNC1(C)CCN(CC(=O)N(C)Cc2ccsc2)CC1. The van der Waals surface area contributed by atoms with Crippen molar-refractivity contribution in [3.63, 3.8) is 0 Å². The van der Waals surface area contributed by atoms with E-state index in [2.05, 4.69) is 34.0 Å². The summed E-state index contributed by atoms with van der Waals surface area (Å²) in [5.74, 6) is 0.212. The van der Waals surface area contributed by atoms with Crippen molar-refractivity contribution in [2.24, 2.45) is 0 Å². The third-order valence-electron chi connectivity index (χ3n) is 4.35. The molecule has 1 amide bonds. The van der Waals surface area contributed by atoms with E-state index in [9.17, 15) is 4.79 Å². The van der Waals surface area contributed by atoms with Crippen LogP contribution < -0.4 is 5.32 Å². The summed E-state index contributed by atoms with van der Waals surface area (Å²) in [4.78, 5) is 16.3. The van der Waals surface area contributed by atoms with E-state index >= 15 is 0 Å². The Bertz CT molecular complexity index is 424. The molecular weight excluding hydrogens is 270 g/mol. The first-order chi connectivity index (χ1) is 9.52. The predicted molar refractivity (Wildman–Crippen MR) is 83.9 cm³/mol. The fourth-order valence-corrected chi connectivity index (χ4v) is 3.17. The van der Waals surface area contributed by atoms with Crippen molar-refractivity contribution in [1.82, 2.24) is 15.1 Å². The number of likely N-dealkylation sites (tertiary alicyclic amines) is 1. The van der Waals surface area contributed by atoms with E-state index in [1.807, 2.05) is 19.0 Å². The summed E-state index contributed by atoms with van der Waals surface area (Å²) in [6, 6.07) is 2.08. The maximum atomic E-state index is 12.2. The first-order valence-electron chi connectivity index (χ1n) is 7.19. The Morgan fingerprint density at radius 2 is 2.20 bits per heavy atom. The molecule has 2 heterocycles. The molecule has 1 aliphatic heterocycles. The molecule has 0 spiro atoms. The second-order valence-corrected chi connectivity index (χ2v) is 6.75. The minimum atomic E-state index is 0.212. The van der Waals surface area contributed by atoms with Crippen molar-refractivity contribution in [1.29, 1.82) is 0 Å².